The number of hydrogen-bond donors (Lipinski definition) is 22. The van der Waals surface area contributed by atoms with Crippen molar-refractivity contribution in [1.29, 1.82) is 0 Å². The number of nitrogens with two attached hydrogens (primary N) is 3. The van der Waals surface area contributed by atoms with Crippen LogP contribution < -0.4 is 86.3 Å². The topological polar surface area (TPSA) is 624 Å². The molecule has 0 saturated carbocycles. The molecule has 0 aliphatic rings. The second kappa shape index (κ2) is 42.3. The smallest absolute Gasteiger partial charge is 0.322 e. The molecule has 1 rings (SSSR count). The highest BCUT2D eigenvalue weighted by molar-refractivity contribution is 5.99. The van der Waals surface area contributed by atoms with Crippen LogP contribution in [0.25, 0.3) is 0 Å². The molecule has 0 fully saturated rings. The van der Waals surface area contributed by atoms with Gasteiger partial charge in [-0.1, -0.05) is 53.7 Å². The van der Waals surface area contributed by atoms with Crippen LogP contribution in [0.15, 0.2) is 29.3 Å². The molecule has 25 N–H and O–H groups in total. The minimum atomic E-state index is -1.86. The number of benzene rings is 1. The molecule has 1 aromatic rings. The van der Waals surface area contributed by atoms with Gasteiger partial charge in [-0.15, -0.1) is 0 Å². The van der Waals surface area contributed by atoms with Crippen LogP contribution >= 0.6 is 0 Å². The van der Waals surface area contributed by atoms with Crippen molar-refractivity contribution < 1.29 is 103 Å². The van der Waals surface area contributed by atoms with Crippen molar-refractivity contribution in [2.75, 3.05) is 52.5 Å². The van der Waals surface area contributed by atoms with Gasteiger partial charge in [-0.3, -0.25) is 76.9 Å². The van der Waals surface area contributed by atoms with E-state index in [1.807, 2.05) is 0 Å². The van der Waals surface area contributed by atoms with E-state index in [0.29, 0.717) is 5.56 Å². The fraction of sp³-hybridized carbons (Fsp3) is 0.607. The average molecular weight is 1340 g/mol. The standard InChI is InChI=1S/C56H91N17O21/c1-26(2)15-34(49(88)62-19-39(78)61-20-40(79)67-37(24-74)53(92)73-45(28(5)6)54(93)65-23-44(84)85)69-51(90)35(16-27(3)4)70-52(91)38(25-75)71-55(94)46(29(7)76)72-42(81)22-64-50(89)36(17-30-10-12-31(77)13-11-30)66-41(80)21-63-48(87)33(9-8-14-60-56(58)59)68-47(86)32(57)18-43(82)83/h10-13,26-29,32-38,45-46,74-77H,8-9,14-25,57H2,1-7H3,(H,61,78)(H,62,88)(H,63,87)(H,64,89)(H,65,93)(H,66,80)(H,67,79)(H,68,86)(H,69,90)(H,70,91)(H,71,94)(H,72,81)(H,73,92)(H,82,83)(H,84,85)(H4,58,59,60)/t29-,32+,33+,34+,35+,36+,37+,38+,45+,46+/m1/s1. The number of carboxylic acids is 2. The van der Waals surface area contributed by atoms with Gasteiger partial charge in [0.2, 0.25) is 76.8 Å². The second-order valence-electron chi connectivity index (χ2n) is 22.7. The molecule has 10 atom stereocenters. The number of aromatic hydroxyl groups is 1. The lowest BCUT2D eigenvalue weighted by Crippen LogP contribution is -2.61. The number of carboxylic acid groups (broad SMARTS) is 2. The average Bonchev–Trinajstić information content (AvgIpc) is 0.961. The van der Waals surface area contributed by atoms with Crippen LogP contribution in [-0.4, -0.2) is 238 Å². The number of phenols is 1. The van der Waals surface area contributed by atoms with Gasteiger partial charge in [0, 0.05) is 13.0 Å². The Morgan fingerprint density at radius 3 is 1.37 bits per heavy atom. The molecule has 38 heteroatoms. The Morgan fingerprint density at radius 1 is 0.457 bits per heavy atom. The summed E-state index contributed by atoms with van der Waals surface area (Å²) in [5, 5.41) is 88.2. The Balaban J connectivity index is 3.10. The van der Waals surface area contributed by atoms with Gasteiger partial charge < -0.3 is 117 Å². The molecule has 0 aliphatic carbocycles. The maximum Gasteiger partial charge on any atom is 0.322 e. The second-order valence-corrected chi connectivity index (χ2v) is 22.7. The Bertz CT molecular complexity index is 2820. The number of amides is 13. The molecule has 0 radical (unpaired) electrons. The molecule has 0 bridgehead atoms. The van der Waals surface area contributed by atoms with Gasteiger partial charge in [0.15, 0.2) is 5.96 Å². The van der Waals surface area contributed by atoms with Gasteiger partial charge in [0.25, 0.3) is 0 Å². The number of aliphatic hydroxyl groups excluding tert-OH is 3. The van der Waals surface area contributed by atoms with E-state index in [9.17, 15) is 92.3 Å². The molecule has 0 saturated heterocycles. The van der Waals surface area contributed by atoms with E-state index in [-0.39, 0.29) is 62.2 Å². The summed E-state index contributed by atoms with van der Waals surface area (Å²) in [7, 11) is 0. The van der Waals surface area contributed by atoms with Crippen LogP contribution in [0, 0.1) is 17.8 Å². The number of aliphatic hydroxyl groups is 3. The number of aliphatic imine (C=N–C) groups is 1. The van der Waals surface area contributed by atoms with E-state index >= 15 is 0 Å². The summed E-state index contributed by atoms with van der Waals surface area (Å²) >= 11 is 0. The van der Waals surface area contributed by atoms with Gasteiger partial charge in [0.05, 0.1) is 58.0 Å². The van der Waals surface area contributed by atoms with Crippen LogP contribution in [0.5, 0.6) is 5.75 Å². The maximum absolute atomic E-state index is 13.9. The third-order valence-electron chi connectivity index (χ3n) is 13.1. The molecule has 1 aromatic carbocycles. The highest BCUT2D eigenvalue weighted by Crippen LogP contribution is 2.13. The molecular formula is C56H91N17O21. The fourth-order valence-corrected chi connectivity index (χ4v) is 8.30. The number of hydrogen-bond acceptors (Lipinski definition) is 21. The highest BCUT2D eigenvalue weighted by atomic mass is 16.4. The molecule has 526 valence electrons. The van der Waals surface area contributed by atoms with E-state index < -0.39 is 207 Å². The highest BCUT2D eigenvalue weighted by Gasteiger charge is 2.35. The van der Waals surface area contributed by atoms with E-state index in [1.54, 1.807) is 41.5 Å². The molecule has 13 amide bonds. The molecule has 0 unspecified atom stereocenters. The molecule has 0 heterocycles. The third kappa shape index (κ3) is 33.0. The van der Waals surface area contributed by atoms with Crippen molar-refractivity contribution in [2.24, 2.45) is 39.9 Å². The predicted molar refractivity (Wildman–Crippen MR) is 330 cm³/mol. The summed E-state index contributed by atoms with van der Waals surface area (Å²) < 4.78 is 0. The molecule has 0 spiro atoms. The number of carbonyl (C=O) groups excluding carboxylic acids is 13. The minimum absolute atomic E-state index is 0.00879. The number of aliphatic carboxylic acids is 2. The first-order chi connectivity index (χ1) is 44.0. The first kappa shape index (κ1) is 82.2. The SMILES string of the molecule is CC(C)C[C@H](NC(=O)[C@H](CC(C)C)NC(=O)[C@H](CO)NC(=O)[C@@H](NC(=O)CNC(=O)[C@H](Cc1ccc(O)cc1)NC(=O)CNC(=O)[C@H](CCCN=C(N)N)NC(=O)[C@@H](N)CC(=O)O)[C@@H](C)O)C(=O)NCC(=O)NCC(=O)N[C@@H](CO)C(=O)N[C@H](C(=O)NCC(=O)O)C(C)C. The zero-order chi connectivity index (χ0) is 71.5. The Kier molecular flexibility index (Phi) is 37.0. The number of phenolic OH excluding ortho intramolecular Hbond substituents is 1. The van der Waals surface area contributed by atoms with Crippen molar-refractivity contribution in [2.45, 2.75) is 147 Å². The third-order valence-corrected chi connectivity index (χ3v) is 13.1. The first-order valence-corrected chi connectivity index (χ1v) is 29.7. The normalized spacial score (nSPS) is 14.1. The van der Waals surface area contributed by atoms with Gasteiger partial charge >= 0.3 is 11.9 Å². The lowest BCUT2D eigenvalue weighted by atomic mass is 9.99. The van der Waals surface area contributed by atoms with Crippen LogP contribution in [0.1, 0.15) is 86.1 Å². The fourth-order valence-electron chi connectivity index (χ4n) is 8.30. The first-order valence-electron chi connectivity index (χ1n) is 29.7. The number of nitrogens with zero attached hydrogens (tertiary/aromatic N) is 1. The van der Waals surface area contributed by atoms with Crippen molar-refractivity contribution in [3.63, 3.8) is 0 Å². The Labute approximate surface area is 540 Å². The zero-order valence-electron chi connectivity index (χ0n) is 53.2. The quantitative estimate of drug-likeness (QED) is 0.0164. The predicted octanol–water partition coefficient (Wildman–Crippen LogP) is -9.55. The van der Waals surface area contributed by atoms with Crippen molar-refractivity contribution in [3.05, 3.63) is 29.8 Å². The molecular weight excluding hydrogens is 1250 g/mol. The number of nitrogens with one attached hydrogen (secondary N) is 13. The summed E-state index contributed by atoms with van der Waals surface area (Å²) in [5.41, 5.74) is 16.7. The lowest BCUT2D eigenvalue weighted by molar-refractivity contribution is -0.140. The number of rotatable bonds is 43. The van der Waals surface area contributed by atoms with Gasteiger partial charge in [-0.2, -0.15) is 0 Å². The number of carbonyl (C=O) groups is 15. The largest absolute Gasteiger partial charge is 0.508 e. The molecule has 0 aromatic heterocycles. The van der Waals surface area contributed by atoms with Crippen LogP contribution in [0.4, 0.5) is 0 Å². The van der Waals surface area contributed by atoms with Gasteiger partial charge in [-0.05, 0) is 68.1 Å². The van der Waals surface area contributed by atoms with Gasteiger partial charge in [-0.25, -0.2) is 0 Å². The van der Waals surface area contributed by atoms with Crippen LogP contribution in [0.3, 0.4) is 0 Å². The summed E-state index contributed by atoms with van der Waals surface area (Å²) in [6.45, 7) is 5.02. The van der Waals surface area contributed by atoms with Crippen molar-refractivity contribution in [1.82, 2.24) is 69.1 Å². The molecule has 0 aliphatic heterocycles. The van der Waals surface area contributed by atoms with Crippen LogP contribution in [0.2, 0.25) is 0 Å². The Hall–Kier alpha value is -9.82. The Morgan fingerprint density at radius 2 is 0.883 bits per heavy atom. The minimum Gasteiger partial charge on any atom is -0.508 e. The van der Waals surface area contributed by atoms with Crippen molar-refractivity contribution >= 4 is 94.7 Å². The zero-order valence-corrected chi connectivity index (χ0v) is 53.2. The van der Waals surface area contributed by atoms with Gasteiger partial charge in [0.1, 0.15) is 60.6 Å². The summed E-state index contributed by atoms with van der Waals surface area (Å²) in [5.74, 6) is -17.1. The monoisotopic (exact) mass is 1340 g/mol. The van der Waals surface area contributed by atoms with E-state index in [1.165, 1.54) is 24.3 Å². The summed E-state index contributed by atoms with van der Waals surface area (Å²) in [6.07, 6.45) is -2.80. The molecule has 94 heavy (non-hydrogen) atoms. The van der Waals surface area contributed by atoms with Crippen LogP contribution in [-0.2, 0) is 78.3 Å². The van der Waals surface area contributed by atoms with Crippen molar-refractivity contribution in [3.8, 4) is 5.75 Å². The summed E-state index contributed by atoms with van der Waals surface area (Å²) in [6, 6.07) is -8.33. The van der Waals surface area contributed by atoms with E-state index in [0.717, 1.165) is 6.92 Å². The van der Waals surface area contributed by atoms with E-state index in [4.69, 9.17) is 27.4 Å². The maximum atomic E-state index is 13.9. The molecule has 38 nitrogen and oxygen atoms in total. The lowest BCUT2D eigenvalue weighted by Gasteiger charge is -2.27. The van der Waals surface area contributed by atoms with E-state index in [2.05, 4.69) is 74.1 Å². The summed E-state index contributed by atoms with van der Waals surface area (Å²) in [4.78, 5) is 197. The number of guanidine groups is 1.